The van der Waals surface area contributed by atoms with Crippen molar-refractivity contribution in [2.75, 3.05) is 12.4 Å². The van der Waals surface area contributed by atoms with Crippen molar-refractivity contribution in [3.63, 3.8) is 0 Å². The lowest BCUT2D eigenvalue weighted by Crippen LogP contribution is -2.13. The molecule has 1 aromatic heterocycles. The lowest BCUT2D eigenvalue weighted by atomic mass is 10.1. The Morgan fingerprint density at radius 1 is 1.10 bits per heavy atom. The van der Waals surface area contributed by atoms with E-state index >= 15 is 0 Å². The van der Waals surface area contributed by atoms with Crippen molar-refractivity contribution in [3.8, 4) is 5.69 Å². The number of carbonyl (C=O) groups is 2. The summed E-state index contributed by atoms with van der Waals surface area (Å²) in [5.41, 5.74) is 5.86. The molecule has 156 valence electrons. The highest BCUT2D eigenvalue weighted by atomic mass is 35.5. The molecular formula is C23H24ClN3O3. The first-order chi connectivity index (χ1) is 14.3. The van der Waals surface area contributed by atoms with Gasteiger partial charge in [-0.1, -0.05) is 17.7 Å². The van der Waals surface area contributed by atoms with E-state index in [4.69, 9.17) is 16.3 Å². The van der Waals surface area contributed by atoms with Crippen LogP contribution < -0.4 is 5.32 Å². The molecule has 3 aromatic rings. The number of amides is 1. The van der Waals surface area contributed by atoms with Crippen molar-refractivity contribution in [3.05, 3.63) is 75.6 Å². The third kappa shape index (κ3) is 4.71. The SMILES string of the molecule is COC(=O)CCc1c(C)nn(-c2ccc(C(=O)Nc3cc(Cl)ccc3C)cc2)c1C. The Hall–Kier alpha value is -3.12. The van der Waals surface area contributed by atoms with Crippen LogP contribution in [0.15, 0.2) is 42.5 Å². The van der Waals surface area contributed by atoms with Gasteiger partial charge < -0.3 is 10.1 Å². The van der Waals surface area contributed by atoms with Crippen LogP contribution in [0.1, 0.15) is 39.3 Å². The minimum Gasteiger partial charge on any atom is -0.469 e. The number of benzene rings is 2. The zero-order chi connectivity index (χ0) is 21.8. The average Bonchev–Trinajstić information content (AvgIpc) is 3.02. The van der Waals surface area contributed by atoms with E-state index in [1.807, 2.05) is 43.7 Å². The predicted octanol–water partition coefficient (Wildman–Crippen LogP) is 4.81. The van der Waals surface area contributed by atoms with Crippen molar-refractivity contribution in [2.24, 2.45) is 0 Å². The molecule has 7 heteroatoms. The smallest absolute Gasteiger partial charge is 0.305 e. The van der Waals surface area contributed by atoms with Gasteiger partial charge in [-0.2, -0.15) is 5.10 Å². The summed E-state index contributed by atoms with van der Waals surface area (Å²) in [4.78, 5) is 24.1. The average molecular weight is 426 g/mol. The van der Waals surface area contributed by atoms with Crippen LogP contribution in [0, 0.1) is 20.8 Å². The number of methoxy groups -OCH3 is 1. The summed E-state index contributed by atoms with van der Waals surface area (Å²) in [5, 5.41) is 8.06. The van der Waals surface area contributed by atoms with Crippen LogP contribution in [0.25, 0.3) is 5.69 Å². The molecule has 1 amide bonds. The fourth-order valence-electron chi connectivity index (χ4n) is 3.29. The van der Waals surface area contributed by atoms with Gasteiger partial charge in [-0.3, -0.25) is 9.59 Å². The van der Waals surface area contributed by atoms with E-state index in [1.54, 1.807) is 24.3 Å². The molecular weight excluding hydrogens is 402 g/mol. The highest BCUT2D eigenvalue weighted by Gasteiger charge is 2.15. The number of rotatable bonds is 6. The minimum absolute atomic E-state index is 0.209. The second-order valence-electron chi connectivity index (χ2n) is 7.10. The number of esters is 1. The molecule has 30 heavy (non-hydrogen) atoms. The van der Waals surface area contributed by atoms with E-state index in [1.165, 1.54) is 7.11 Å². The molecule has 0 atom stereocenters. The maximum Gasteiger partial charge on any atom is 0.305 e. The highest BCUT2D eigenvalue weighted by Crippen LogP contribution is 2.22. The Morgan fingerprint density at radius 2 is 1.80 bits per heavy atom. The largest absolute Gasteiger partial charge is 0.469 e. The highest BCUT2D eigenvalue weighted by molar-refractivity contribution is 6.31. The fraction of sp³-hybridized carbons (Fsp3) is 0.261. The number of halogens is 1. The first-order valence-corrected chi connectivity index (χ1v) is 9.97. The van der Waals surface area contributed by atoms with Gasteiger partial charge in [-0.15, -0.1) is 0 Å². The number of nitrogens with zero attached hydrogens (tertiary/aromatic N) is 2. The molecule has 0 saturated heterocycles. The third-order valence-electron chi connectivity index (χ3n) is 5.07. The van der Waals surface area contributed by atoms with Gasteiger partial charge in [0.15, 0.2) is 0 Å². The summed E-state index contributed by atoms with van der Waals surface area (Å²) >= 11 is 6.03. The van der Waals surface area contributed by atoms with Crippen molar-refractivity contribution >= 4 is 29.2 Å². The van der Waals surface area contributed by atoms with Crippen molar-refractivity contribution in [1.82, 2.24) is 9.78 Å². The van der Waals surface area contributed by atoms with Gasteiger partial charge in [0, 0.05) is 28.4 Å². The van der Waals surface area contributed by atoms with Gasteiger partial charge in [-0.25, -0.2) is 4.68 Å². The molecule has 0 aliphatic heterocycles. The van der Waals surface area contributed by atoms with Crippen molar-refractivity contribution in [2.45, 2.75) is 33.6 Å². The van der Waals surface area contributed by atoms with Gasteiger partial charge in [0.2, 0.25) is 0 Å². The van der Waals surface area contributed by atoms with Gasteiger partial charge in [0.25, 0.3) is 5.91 Å². The zero-order valence-corrected chi connectivity index (χ0v) is 18.2. The van der Waals surface area contributed by atoms with Gasteiger partial charge in [-0.05, 0) is 74.7 Å². The van der Waals surface area contributed by atoms with E-state index in [2.05, 4.69) is 10.4 Å². The third-order valence-corrected chi connectivity index (χ3v) is 5.30. The van der Waals surface area contributed by atoms with Crippen LogP contribution in [0.2, 0.25) is 5.02 Å². The van der Waals surface area contributed by atoms with Crippen molar-refractivity contribution in [1.29, 1.82) is 0 Å². The summed E-state index contributed by atoms with van der Waals surface area (Å²) < 4.78 is 6.55. The lowest BCUT2D eigenvalue weighted by molar-refractivity contribution is -0.140. The van der Waals surface area contributed by atoms with Gasteiger partial charge in [0.05, 0.1) is 18.5 Å². The summed E-state index contributed by atoms with van der Waals surface area (Å²) in [6.07, 6.45) is 0.885. The van der Waals surface area contributed by atoms with Gasteiger partial charge >= 0.3 is 5.97 Å². The number of aryl methyl sites for hydroxylation is 2. The van der Waals surface area contributed by atoms with Gasteiger partial charge in [0.1, 0.15) is 0 Å². The second kappa shape index (κ2) is 9.13. The topological polar surface area (TPSA) is 73.2 Å². The molecule has 0 aliphatic rings. The molecule has 3 rings (SSSR count). The second-order valence-corrected chi connectivity index (χ2v) is 7.53. The van der Waals surface area contributed by atoms with Crippen LogP contribution in [0.5, 0.6) is 0 Å². The number of hydrogen-bond donors (Lipinski definition) is 1. The number of nitrogens with one attached hydrogen (secondary N) is 1. The Balaban J connectivity index is 1.78. The molecule has 0 spiro atoms. The molecule has 6 nitrogen and oxygen atoms in total. The number of hydrogen-bond acceptors (Lipinski definition) is 4. The Bertz CT molecular complexity index is 1090. The van der Waals surface area contributed by atoms with Crippen LogP contribution in [0.4, 0.5) is 5.69 Å². The summed E-state index contributed by atoms with van der Waals surface area (Å²) in [5.74, 6) is -0.453. The molecule has 0 unspecified atom stereocenters. The maximum absolute atomic E-state index is 12.6. The summed E-state index contributed by atoms with van der Waals surface area (Å²) in [6.45, 7) is 5.80. The summed E-state index contributed by atoms with van der Waals surface area (Å²) in [6, 6.07) is 12.6. The quantitative estimate of drug-likeness (QED) is 0.575. The monoisotopic (exact) mass is 425 g/mol. The Labute approximate surface area is 180 Å². The minimum atomic E-state index is -0.244. The lowest BCUT2D eigenvalue weighted by Gasteiger charge is -2.10. The molecule has 2 aromatic carbocycles. The predicted molar refractivity (Wildman–Crippen MR) is 118 cm³/mol. The molecule has 0 radical (unpaired) electrons. The first-order valence-electron chi connectivity index (χ1n) is 9.60. The Morgan fingerprint density at radius 3 is 2.47 bits per heavy atom. The molecule has 0 saturated carbocycles. The number of anilines is 1. The van der Waals surface area contributed by atoms with Crippen LogP contribution >= 0.6 is 11.6 Å². The standard InChI is InChI=1S/C23H24ClN3O3/c1-14-5-8-18(24)13-21(14)25-23(29)17-6-9-19(10-7-17)27-16(3)20(15(2)26-27)11-12-22(28)30-4/h5-10,13H,11-12H2,1-4H3,(H,25,29). The summed E-state index contributed by atoms with van der Waals surface area (Å²) in [7, 11) is 1.39. The van der Waals surface area contributed by atoms with Crippen LogP contribution in [0.3, 0.4) is 0 Å². The van der Waals surface area contributed by atoms with Crippen molar-refractivity contribution < 1.29 is 14.3 Å². The normalized spacial score (nSPS) is 10.7. The Kier molecular flexibility index (Phi) is 6.57. The zero-order valence-electron chi connectivity index (χ0n) is 17.5. The molecule has 0 fully saturated rings. The van der Waals surface area contributed by atoms with E-state index in [0.717, 1.165) is 28.2 Å². The number of ether oxygens (including phenoxy) is 1. The number of aromatic nitrogens is 2. The molecule has 1 N–H and O–H groups in total. The fourth-order valence-corrected chi connectivity index (χ4v) is 3.47. The molecule has 1 heterocycles. The maximum atomic E-state index is 12.6. The van der Waals surface area contributed by atoms with E-state index in [-0.39, 0.29) is 11.9 Å². The van der Waals surface area contributed by atoms with E-state index in [9.17, 15) is 9.59 Å². The molecule has 0 aliphatic carbocycles. The number of carbonyl (C=O) groups excluding carboxylic acids is 2. The van der Waals surface area contributed by atoms with Crippen LogP contribution in [-0.2, 0) is 16.0 Å². The van der Waals surface area contributed by atoms with E-state index < -0.39 is 0 Å². The first kappa shape index (κ1) is 21.6. The van der Waals surface area contributed by atoms with Crippen LogP contribution in [-0.4, -0.2) is 28.8 Å². The molecule has 0 bridgehead atoms. The van der Waals surface area contributed by atoms with E-state index in [0.29, 0.717) is 29.1 Å².